The Balaban J connectivity index is 1.75. The Bertz CT molecular complexity index is 867. The Morgan fingerprint density at radius 2 is 1.88 bits per heavy atom. The first-order chi connectivity index (χ1) is 12.0. The highest BCUT2D eigenvalue weighted by Crippen LogP contribution is 2.34. The maximum Gasteiger partial charge on any atom is 0.414 e. The van der Waals surface area contributed by atoms with Crippen molar-refractivity contribution < 1.29 is 19.1 Å². The number of amides is 1. The van der Waals surface area contributed by atoms with Gasteiger partial charge in [-0.15, -0.1) is 0 Å². The van der Waals surface area contributed by atoms with Crippen LogP contribution >= 0.6 is 0 Å². The highest BCUT2D eigenvalue weighted by Gasteiger charge is 2.27. The third kappa shape index (κ3) is 3.77. The van der Waals surface area contributed by atoms with E-state index in [0.717, 1.165) is 5.56 Å². The maximum atomic E-state index is 12.3. The van der Waals surface area contributed by atoms with Crippen LogP contribution in [0.3, 0.4) is 0 Å². The molecule has 0 atom stereocenters. The number of nitrogens with zero attached hydrogens (tertiary/aromatic N) is 1. The van der Waals surface area contributed by atoms with Gasteiger partial charge in [-0.25, -0.2) is 4.79 Å². The van der Waals surface area contributed by atoms with Gasteiger partial charge in [0.25, 0.3) is 0 Å². The summed E-state index contributed by atoms with van der Waals surface area (Å²) in [5.74, 6) is 0.746. The fourth-order valence-corrected chi connectivity index (χ4v) is 2.25. The number of hydrogen-bond donors (Lipinski definition) is 0. The molecule has 0 aromatic heterocycles. The van der Waals surface area contributed by atoms with Crippen molar-refractivity contribution in [3.63, 3.8) is 0 Å². The average Bonchev–Trinajstić information content (AvgIpc) is 2.91. The molecular weight excluding hydrogens is 318 g/mol. The second kappa shape index (κ2) is 7.05. The lowest BCUT2D eigenvalue weighted by molar-refractivity contribution is 0.101. The van der Waals surface area contributed by atoms with Crippen LogP contribution in [0, 0.1) is 0 Å². The minimum absolute atomic E-state index is 0.196. The van der Waals surface area contributed by atoms with Crippen LogP contribution in [-0.4, -0.2) is 30.9 Å². The molecule has 3 rings (SSSR count). The van der Waals surface area contributed by atoms with Crippen LogP contribution in [0.5, 0.6) is 11.5 Å². The van der Waals surface area contributed by atoms with Gasteiger partial charge in [0, 0.05) is 20.2 Å². The SMILES string of the molecule is CN(C)C(=O)Oc1ccc2c(c1)OC(=CC=Cc1ccccc1)C2=O. The fourth-order valence-electron chi connectivity index (χ4n) is 2.25. The van der Waals surface area contributed by atoms with Crippen LogP contribution in [0.25, 0.3) is 6.08 Å². The van der Waals surface area contributed by atoms with E-state index in [9.17, 15) is 9.59 Å². The van der Waals surface area contributed by atoms with Crippen molar-refractivity contribution in [3.8, 4) is 11.5 Å². The van der Waals surface area contributed by atoms with Gasteiger partial charge in [-0.2, -0.15) is 0 Å². The molecule has 126 valence electrons. The Labute approximate surface area is 145 Å². The smallest absolute Gasteiger partial charge is 0.414 e. The molecule has 1 aliphatic rings. The minimum Gasteiger partial charge on any atom is -0.452 e. The number of Topliss-reactive ketones (excluding diaryl/α,β-unsaturated/α-hetero) is 1. The number of allylic oxidation sites excluding steroid dienone is 3. The van der Waals surface area contributed by atoms with E-state index in [1.807, 2.05) is 36.4 Å². The highest BCUT2D eigenvalue weighted by molar-refractivity contribution is 6.12. The molecule has 0 fully saturated rings. The number of ketones is 1. The van der Waals surface area contributed by atoms with Crippen molar-refractivity contribution in [2.24, 2.45) is 0 Å². The van der Waals surface area contributed by atoms with E-state index in [0.29, 0.717) is 17.1 Å². The zero-order chi connectivity index (χ0) is 17.8. The standard InChI is InChI=1S/C20H17NO4/c1-21(2)20(23)24-15-11-12-16-18(13-15)25-17(19(16)22)10-6-9-14-7-4-3-5-8-14/h3-13H,1-2H3. The highest BCUT2D eigenvalue weighted by atomic mass is 16.6. The molecular formula is C20H17NO4. The van der Waals surface area contributed by atoms with Crippen molar-refractivity contribution in [1.82, 2.24) is 4.90 Å². The van der Waals surface area contributed by atoms with Crippen LogP contribution in [0.15, 0.2) is 66.4 Å². The Hall–Kier alpha value is -3.34. The molecule has 0 spiro atoms. The number of ether oxygens (including phenoxy) is 2. The van der Waals surface area contributed by atoms with Crippen LogP contribution < -0.4 is 9.47 Å². The lowest BCUT2D eigenvalue weighted by Gasteiger charge is -2.10. The monoisotopic (exact) mass is 335 g/mol. The summed E-state index contributed by atoms with van der Waals surface area (Å²) in [6, 6.07) is 14.5. The number of fused-ring (bicyclic) bond motifs is 1. The summed E-state index contributed by atoms with van der Waals surface area (Å²) in [5, 5.41) is 0. The van der Waals surface area contributed by atoms with Crippen molar-refractivity contribution >= 4 is 18.0 Å². The Kier molecular flexibility index (Phi) is 4.66. The first-order valence-corrected chi connectivity index (χ1v) is 7.74. The average molecular weight is 335 g/mol. The lowest BCUT2D eigenvalue weighted by atomic mass is 10.1. The molecule has 1 aliphatic heterocycles. The van der Waals surface area contributed by atoms with Gasteiger partial charge in [0.15, 0.2) is 5.76 Å². The van der Waals surface area contributed by atoms with Crippen molar-refractivity contribution in [2.75, 3.05) is 14.1 Å². The van der Waals surface area contributed by atoms with Crippen LogP contribution in [-0.2, 0) is 0 Å². The topological polar surface area (TPSA) is 55.8 Å². The molecule has 2 aromatic carbocycles. The van der Waals surface area contributed by atoms with Gasteiger partial charge < -0.3 is 14.4 Å². The summed E-state index contributed by atoms with van der Waals surface area (Å²) in [4.78, 5) is 25.2. The molecule has 5 heteroatoms. The van der Waals surface area contributed by atoms with Crippen molar-refractivity contribution in [1.29, 1.82) is 0 Å². The van der Waals surface area contributed by atoms with Crippen molar-refractivity contribution in [3.05, 3.63) is 77.6 Å². The van der Waals surface area contributed by atoms with E-state index >= 15 is 0 Å². The van der Waals surface area contributed by atoms with E-state index in [4.69, 9.17) is 9.47 Å². The summed E-state index contributed by atoms with van der Waals surface area (Å²) >= 11 is 0. The van der Waals surface area contributed by atoms with E-state index in [1.54, 1.807) is 38.4 Å². The first kappa shape index (κ1) is 16.5. The maximum absolute atomic E-state index is 12.3. The predicted octanol–water partition coefficient (Wildman–Crippen LogP) is 3.92. The summed E-state index contributed by atoms with van der Waals surface area (Å²) < 4.78 is 10.8. The molecule has 0 saturated heterocycles. The van der Waals surface area contributed by atoms with E-state index in [-0.39, 0.29) is 11.5 Å². The van der Waals surface area contributed by atoms with Crippen molar-refractivity contribution in [2.45, 2.75) is 0 Å². The molecule has 0 unspecified atom stereocenters. The molecule has 1 amide bonds. The predicted molar refractivity (Wildman–Crippen MR) is 94.7 cm³/mol. The summed E-state index contributed by atoms with van der Waals surface area (Å²) in [5.41, 5.74) is 1.48. The van der Waals surface area contributed by atoms with Crippen LogP contribution in [0.4, 0.5) is 4.79 Å². The van der Waals surface area contributed by atoms with Gasteiger partial charge in [0.1, 0.15) is 11.5 Å². The van der Waals surface area contributed by atoms with Gasteiger partial charge in [0.05, 0.1) is 5.56 Å². The van der Waals surface area contributed by atoms with E-state index in [1.165, 1.54) is 11.0 Å². The van der Waals surface area contributed by atoms with E-state index < -0.39 is 6.09 Å². The molecule has 25 heavy (non-hydrogen) atoms. The van der Waals surface area contributed by atoms with Gasteiger partial charge >= 0.3 is 6.09 Å². The molecule has 2 aromatic rings. The zero-order valence-electron chi connectivity index (χ0n) is 13.9. The molecule has 1 heterocycles. The third-order valence-electron chi connectivity index (χ3n) is 3.55. The number of hydrogen-bond acceptors (Lipinski definition) is 4. The van der Waals surface area contributed by atoms with Crippen LogP contribution in [0.1, 0.15) is 15.9 Å². The molecule has 0 bridgehead atoms. The lowest BCUT2D eigenvalue weighted by Crippen LogP contribution is -2.25. The van der Waals surface area contributed by atoms with Gasteiger partial charge in [-0.05, 0) is 23.8 Å². The van der Waals surface area contributed by atoms with Crippen LogP contribution in [0.2, 0.25) is 0 Å². The zero-order valence-corrected chi connectivity index (χ0v) is 13.9. The summed E-state index contributed by atoms with van der Waals surface area (Å²) in [6.07, 6.45) is 4.78. The Morgan fingerprint density at radius 3 is 2.60 bits per heavy atom. The van der Waals surface area contributed by atoms with Gasteiger partial charge in [-0.3, -0.25) is 4.79 Å². The molecule has 0 aliphatic carbocycles. The molecule has 0 saturated carbocycles. The first-order valence-electron chi connectivity index (χ1n) is 7.74. The Morgan fingerprint density at radius 1 is 1.12 bits per heavy atom. The summed E-state index contributed by atoms with van der Waals surface area (Å²) in [7, 11) is 3.19. The number of rotatable bonds is 3. The fraction of sp³-hybridized carbons (Fsp3) is 0.100. The van der Waals surface area contributed by atoms with E-state index in [2.05, 4.69) is 0 Å². The molecule has 5 nitrogen and oxygen atoms in total. The second-order valence-corrected chi connectivity index (χ2v) is 5.65. The molecule has 0 radical (unpaired) electrons. The normalized spacial score (nSPS) is 14.5. The summed E-state index contributed by atoms with van der Waals surface area (Å²) in [6.45, 7) is 0. The quantitative estimate of drug-likeness (QED) is 0.798. The number of benzene rings is 2. The number of carbonyl (C=O) groups is 2. The third-order valence-corrected chi connectivity index (χ3v) is 3.55. The number of carbonyl (C=O) groups excluding carboxylic acids is 2. The minimum atomic E-state index is -0.495. The second-order valence-electron chi connectivity index (χ2n) is 5.65. The molecule has 0 N–H and O–H groups in total. The van der Waals surface area contributed by atoms with Gasteiger partial charge in [-0.1, -0.05) is 42.5 Å². The van der Waals surface area contributed by atoms with Gasteiger partial charge in [0.2, 0.25) is 5.78 Å². The largest absolute Gasteiger partial charge is 0.452 e.